The van der Waals surface area contributed by atoms with E-state index in [2.05, 4.69) is 10.6 Å². The maximum Gasteiger partial charge on any atom is 0.251 e. The molecular weight excluding hydrogens is 319 g/mol. The van der Waals surface area contributed by atoms with E-state index >= 15 is 0 Å². The summed E-state index contributed by atoms with van der Waals surface area (Å²) in [5, 5.41) is 15.9. The number of aliphatic hydroxyl groups excluding tert-OH is 1. The standard InChI is InChI=1S/C20H25FN2O2/c1-14(23-13-19(24)17-5-3-4-6-18(17)21)7-8-15-9-11-16(12-10-15)20(25)22-2/h3-6,9-12,14,19,23-24H,7-8,13H2,1-2H3,(H,22,25)/t14-,19-/m1/s1. The first-order chi connectivity index (χ1) is 12.0. The van der Waals surface area contributed by atoms with Crippen LogP contribution >= 0.6 is 0 Å². The van der Waals surface area contributed by atoms with Gasteiger partial charge < -0.3 is 15.7 Å². The molecule has 0 heterocycles. The molecule has 2 aromatic rings. The molecule has 0 saturated heterocycles. The first-order valence-corrected chi connectivity index (χ1v) is 8.48. The van der Waals surface area contributed by atoms with E-state index in [0.29, 0.717) is 17.7 Å². The second-order valence-corrected chi connectivity index (χ2v) is 6.16. The summed E-state index contributed by atoms with van der Waals surface area (Å²) in [6, 6.07) is 14.0. The fraction of sp³-hybridized carbons (Fsp3) is 0.350. The molecule has 0 bridgehead atoms. The highest BCUT2D eigenvalue weighted by molar-refractivity contribution is 5.93. The van der Waals surface area contributed by atoms with Gasteiger partial charge in [0.25, 0.3) is 5.91 Å². The van der Waals surface area contributed by atoms with E-state index in [-0.39, 0.29) is 17.8 Å². The highest BCUT2D eigenvalue weighted by Crippen LogP contribution is 2.16. The normalized spacial score (nSPS) is 13.3. The van der Waals surface area contributed by atoms with Crippen LogP contribution < -0.4 is 10.6 Å². The molecule has 0 spiro atoms. The zero-order valence-electron chi connectivity index (χ0n) is 14.6. The van der Waals surface area contributed by atoms with Crippen molar-refractivity contribution in [2.45, 2.75) is 31.9 Å². The molecule has 0 unspecified atom stereocenters. The van der Waals surface area contributed by atoms with Crippen molar-refractivity contribution in [1.29, 1.82) is 0 Å². The van der Waals surface area contributed by atoms with Crippen LogP contribution in [0.25, 0.3) is 0 Å². The molecule has 1 amide bonds. The first-order valence-electron chi connectivity index (χ1n) is 8.48. The first kappa shape index (κ1) is 19.1. The smallest absolute Gasteiger partial charge is 0.251 e. The maximum absolute atomic E-state index is 13.6. The number of aliphatic hydroxyl groups is 1. The molecule has 4 nitrogen and oxygen atoms in total. The van der Waals surface area contributed by atoms with Gasteiger partial charge in [-0.15, -0.1) is 0 Å². The van der Waals surface area contributed by atoms with Crippen molar-refractivity contribution in [2.24, 2.45) is 0 Å². The fourth-order valence-corrected chi connectivity index (χ4v) is 2.62. The highest BCUT2D eigenvalue weighted by Gasteiger charge is 2.13. The van der Waals surface area contributed by atoms with Gasteiger partial charge in [0.05, 0.1) is 6.10 Å². The molecule has 2 rings (SSSR count). The van der Waals surface area contributed by atoms with Crippen molar-refractivity contribution in [1.82, 2.24) is 10.6 Å². The van der Waals surface area contributed by atoms with Gasteiger partial charge in [-0.05, 0) is 43.5 Å². The number of rotatable bonds is 8. The summed E-state index contributed by atoms with van der Waals surface area (Å²) in [6.45, 7) is 2.34. The van der Waals surface area contributed by atoms with E-state index in [9.17, 15) is 14.3 Å². The van der Waals surface area contributed by atoms with Crippen molar-refractivity contribution < 1.29 is 14.3 Å². The summed E-state index contributed by atoms with van der Waals surface area (Å²) in [5.74, 6) is -0.482. The summed E-state index contributed by atoms with van der Waals surface area (Å²) < 4.78 is 13.6. The summed E-state index contributed by atoms with van der Waals surface area (Å²) in [6.07, 6.45) is 0.872. The molecule has 0 saturated carbocycles. The Labute approximate surface area is 148 Å². The highest BCUT2D eigenvalue weighted by atomic mass is 19.1. The van der Waals surface area contributed by atoms with Crippen LogP contribution in [0.4, 0.5) is 4.39 Å². The largest absolute Gasteiger partial charge is 0.387 e. The van der Waals surface area contributed by atoms with Crippen LogP contribution in [0.3, 0.4) is 0 Å². The second kappa shape index (κ2) is 9.30. The van der Waals surface area contributed by atoms with Crippen LogP contribution in [0.15, 0.2) is 48.5 Å². The van der Waals surface area contributed by atoms with Gasteiger partial charge in [-0.25, -0.2) is 4.39 Å². The van der Waals surface area contributed by atoms with Crippen molar-refractivity contribution in [3.8, 4) is 0 Å². The zero-order chi connectivity index (χ0) is 18.2. The number of amides is 1. The third-order valence-corrected chi connectivity index (χ3v) is 4.23. The van der Waals surface area contributed by atoms with Crippen LogP contribution in [0.1, 0.15) is 40.9 Å². The van der Waals surface area contributed by atoms with Crippen LogP contribution in [-0.2, 0) is 6.42 Å². The SMILES string of the molecule is CNC(=O)c1ccc(CC[C@@H](C)NC[C@@H](O)c2ccccc2F)cc1. The number of nitrogens with one attached hydrogen (secondary N) is 2. The summed E-state index contributed by atoms with van der Waals surface area (Å²) in [4.78, 5) is 11.5. The molecule has 0 aliphatic rings. The molecule has 2 atom stereocenters. The van der Waals surface area contributed by atoms with Crippen molar-refractivity contribution in [3.05, 3.63) is 71.0 Å². The lowest BCUT2D eigenvalue weighted by Gasteiger charge is -2.18. The van der Waals surface area contributed by atoms with Gasteiger partial charge in [-0.3, -0.25) is 4.79 Å². The Kier molecular flexibility index (Phi) is 7.10. The lowest BCUT2D eigenvalue weighted by Crippen LogP contribution is -2.31. The third kappa shape index (κ3) is 5.66. The number of aryl methyl sites for hydroxylation is 1. The van der Waals surface area contributed by atoms with Gasteiger partial charge >= 0.3 is 0 Å². The minimum absolute atomic E-state index is 0.0938. The monoisotopic (exact) mass is 344 g/mol. The topological polar surface area (TPSA) is 61.4 Å². The average molecular weight is 344 g/mol. The van der Waals surface area contributed by atoms with E-state index in [1.54, 1.807) is 25.2 Å². The number of benzene rings is 2. The van der Waals surface area contributed by atoms with E-state index in [0.717, 1.165) is 18.4 Å². The molecule has 134 valence electrons. The number of halogens is 1. The van der Waals surface area contributed by atoms with Crippen molar-refractivity contribution >= 4 is 5.91 Å². The molecule has 0 aliphatic carbocycles. The summed E-state index contributed by atoms with van der Waals surface area (Å²) in [7, 11) is 1.61. The van der Waals surface area contributed by atoms with Gasteiger partial charge in [0.2, 0.25) is 0 Å². The van der Waals surface area contributed by atoms with E-state index < -0.39 is 6.10 Å². The van der Waals surface area contributed by atoms with Gasteiger partial charge in [0, 0.05) is 30.8 Å². The van der Waals surface area contributed by atoms with Crippen LogP contribution in [-0.4, -0.2) is 30.6 Å². The summed E-state index contributed by atoms with van der Waals surface area (Å²) >= 11 is 0. The quantitative estimate of drug-likeness (QED) is 0.690. The number of carbonyl (C=O) groups is 1. The van der Waals surface area contributed by atoms with Crippen LogP contribution in [0, 0.1) is 5.82 Å². The van der Waals surface area contributed by atoms with Gasteiger partial charge in [-0.2, -0.15) is 0 Å². The Bertz CT molecular complexity index is 688. The van der Waals surface area contributed by atoms with Crippen molar-refractivity contribution in [3.63, 3.8) is 0 Å². The number of hydrogen-bond acceptors (Lipinski definition) is 3. The number of hydrogen-bond donors (Lipinski definition) is 3. The van der Waals surface area contributed by atoms with Crippen LogP contribution in [0.5, 0.6) is 0 Å². The molecule has 5 heteroatoms. The Morgan fingerprint density at radius 3 is 2.48 bits per heavy atom. The predicted octanol–water partition coefficient (Wildman–Crippen LogP) is 2.83. The molecular formula is C20H25FN2O2. The predicted molar refractivity (Wildman–Crippen MR) is 97.0 cm³/mol. The molecule has 0 radical (unpaired) electrons. The van der Waals surface area contributed by atoms with Crippen molar-refractivity contribution in [2.75, 3.05) is 13.6 Å². The average Bonchev–Trinajstić information content (AvgIpc) is 2.64. The molecule has 0 fully saturated rings. The fourth-order valence-electron chi connectivity index (χ4n) is 2.62. The molecule has 2 aromatic carbocycles. The van der Waals surface area contributed by atoms with Crippen LogP contribution in [0.2, 0.25) is 0 Å². The van der Waals surface area contributed by atoms with Gasteiger partial charge in [0.15, 0.2) is 0 Å². The second-order valence-electron chi connectivity index (χ2n) is 6.16. The van der Waals surface area contributed by atoms with Gasteiger partial charge in [0.1, 0.15) is 5.82 Å². The molecule has 0 aromatic heterocycles. The van der Waals surface area contributed by atoms with Gasteiger partial charge in [-0.1, -0.05) is 30.3 Å². The lowest BCUT2D eigenvalue weighted by atomic mass is 10.0. The lowest BCUT2D eigenvalue weighted by molar-refractivity contribution is 0.0963. The number of carbonyl (C=O) groups excluding carboxylic acids is 1. The van der Waals surface area contributed by atoms with E-state index in [1.807, 2.05) is 31.2 Å². The Balaban J connectivity index is 1.78. The minimum atomic E-state index is -0.865. The maximum atomic E-state index is 13.6. The molecule has 25 heavy (non-hydrogen) atoms. The summed E-state index contributed by atoms with van der Waals surface area (Å²) in [5.41, 5.74) is 2.10. The van der Waals surface area contributed by atoms with E-state index in [4.69, 9.17) is 0 Å². The zero-order valence-corrected chi connectivity index (χ0v) is 14.6. The Hall–Kier alpha value is -2.24. The third-order valence-electron chi connectivity index (χ3n) is 4.23. The van der Waals surface area contributed by atoms with E-state index in [1.165, 1.54) is 6.07 Å². The Morgan fingerprint density at radius 2 is 1.84 bits per heavy atom. The molecule has 0 aliphatic heterocycles. The molecule has 3 N–H and O–H groups in total. The Morgan fingerprint density at radius 1 is 1.16 bits per heavy atom. The minimum Gasteiger partial charge on any atom is -0.387 e.